The maximum Gasteiger partial charge on any atom is 0.0652 e. The van der Waals surface area contributed by atoms with Crippen LogP contribution in [0.3, 0.4) is 0 Å². The molecular weight excluding hydrogens is 186 g/mol. The number of methoxy groups -OCH3 is 1. The lowest BCUT2D eigenvalue weighted by atomic mass is 9.64. The van der Waals surface area contributed by atoms with Gasteiger partial charge >= 0.3 is 0 Å². The molecule has 1 aliphatic carbocycles. The Morgan fingerprint density at radius 1 is 1.33 bits per heavy atom. The Bertz CT molecular complexity index is 201. The number of hydrogen-bond acceptors (Lipinski definition) is 2. The minimum absolute atomic E-state index is 0.292. The average molecular weight is 213 g/mol. The van der Waals surface area contributed by atoms with Crippen LogP contribution in [0.4, 0.5) is 0 Å². The van der Waals surface area contributed by atoms with Crippen LogP contribution in [0.25, 0.3) is 0 Å². The third-order valence-corrected chi connectivity index (χ3v) is 3.77. The van der Waals surface area contributed by atoms with Crippen molar-refractivity contribution in [3.8, 4) is 0 Å². The van der Waals surface area contributed by atoms with Crippen molar-refractivity contribution in [1.82, 2.24) is 5.32 Å². The summed E-state index contributed by atoms with van der Waals surface area (Å²) in [5.74, 6) is 0.772. The van der Waals surface area contributed by atoms with Crippen LogP contribution in [-0.4, -0.2) is 25.3 Å². The molecule has 0 bridgehead atoms. The first-order valence-corrected chi connectivity index (χ1v) is 6.16. The molecule has 1 N–H and O–H groups in total. The van der Waals surface area contributed by atoms with Crippen LogP contribution in [-0.2, 0) is 4.74 Å². The van der Waals surface area contributed by atoms with E-state index < -0.39 is 0 Å². The highest BCUT2D eigenvalue weighted by Crippen LogP contribution is 2.42. The van der Waals surface area contributed by atoms with Gasteiger partial charge in [-0.2, -0.15) is 0 Å². The first-order chi connectivity index (χ1) is 6.87. The number of hydrogen-bond donors (Lipinski definition) is 1. The molecule has 0 amide bonds. The van der Waals surface area contributed by atoms with Gasteiger partial charge in [0.1, 0.15) is 0 Å². The zero-order valence-electron chi connectivity index (χ0n) is 11.1. The van der Waals surface area contributed by atoms with E-state index in [4.69, 9.17) is 4.74 Å². The molecule has 0 aromatic heterocycles. The predicted molar refractivity (Wildman–Crippen MR) is 65.0 cm³/mol. The summed E-state index contributed by atoms with van der Waals surface area (Å²) in [6.45, 7) is 11.4. The molecule has 0 spiro atoms. The van der Waals surface area contributed by atoms with Crippen LogP contribution in [0.15, 0.2) is 0 Å². The summed E-state index contributed by atoms with van der Waals surface area (Å²) in [6.07, 6.45) is 2.84. The van der Waals surface area contributed by atoms with Crippen molar-refractivity contribution in [1.29, 1.82) is 0 Å². The van der Waals surface area contributed by atoms with Crippen LogP contribution in [0.2, 0.25) is 0 Å². The first kappa shape index (κ1) is 13.0. The Hall–Kier alpha value is -0.0800. The highest BCUT2D eigenvalue weighted by molar-refractivity contribution is 5.03. The molecule has 3 unspecified atom stereocenters. The highest BCUT2D eigenvalue weighted by Gasteiger charge is 2.48. The monoisotopic (exact) mass is 213 g/mol. The van der Waals surface area contributed by atoms with Crippen LogP contribution in [0, 0.1) is 11.3 Å². The third-order valence-electron chi connectivity index (χ3n) is 3.77. The van der Waals surface area contributed by atoms with Gasteiger partial charge in [-0.15, -0.1) is 0 Å². The van der Waals surface area contributed by atoms with Gasteiger partial charge in [0.15, 0.2) is 0 Å². The standard InChI is InChI=1S/C13H27NO/c1-9(2)7-10(3)14-11-8-12(15-6)13(11,4)5/h9-12,14H,7-8H2,1-6H3. The molecule has 2 nitrogen and oxygen atoms in total. The topological polar surface area (TPSA) is 21.3 Å². The van der Waals surface area contributed by atoms with Gasteiger partial charge in [-0.05, 0) is 25.7 Å². The molecule has 1 saturated carbocycles. The van der Waals surface area contributed by atoms with Gasteiger partial charge in [-0.1, -0.05) is 27.7 Å². The average Bonchev–Trinajstić information content (AvgIpc) is 2.10. The fraction of sp³-hybridized carbons (Fsp3) is 1.00. The van der Waals surface area contributed by atoms with Gasteiger partial charge in [-0.3, -0.25) is 0 Å². The smallest absolute Gasteiger partial charge is 0.0652 e. The van der Waals surface area contributed by atoms with Crippen molar-refractivity contribution in [3.63, 3.8) is 0 Å². The molecule has 0 aromatic rings. The summed E-state index contributed by atoms with van der Waals surface area (Å²) in [7, 11) is 1.82. The van der Waals surface area contributed by atoms with Gasteiger partial charge in [0, 0.05) is 24.6 Å². The largest absolute Gasteiger partial charge is 0.381 e. The lowest BCUT2D eigenvalue weighted by Gasteiger charge is -2.52. The molecule has 3 atom stereocenters. The quantitative estimate of drug-likeness (QED) is 0.758. The van der Waals surface area contributed by atoms with Gasteiger partial charge in [0.05, 0.1) is 6.10 Å². The van der Waals surface area contributed by atoms with Gasteiger partial charge in [0.25, 0.3) is 0 Å². The van der Waals surface area contributed by atoms with E-state index in [2.05, 4.69) is 39.9 Å². The Kier molecular flexibility index (Phi) is 4.19. The second-order valence-electron chi connectivity index (χ2n) is 6.03. The summed E-state index contributed by atoms with van der Waals surface area (Å²) in [4.78, 5) is 0. The molecule has 1 fully saturated rings. The number of rotatable bonds is 5. The van der Waals surface area contributed by atoms with E-state index in [1.165, 1.54) is 6.42 Å². The van der Waals surface area contributed by atoms with E-state index in [0.717, 1.165) is 12.3 Å². The SMILES string of the molecule is COC1CC(NC(C)CC(C)C)C1(C)C. The van der Waals surface area contributed by atoms with E-state index in [9.17, 15) is 0 Å². The van der Waals surface area contributed by atoms with Gasteiger partial charge < -0.3 is 10.1 Å². The van der Waals surface area contributed by atoms with E-state index in [0.29, 0.717) is 23.6 Å². The summed E-state index contributed by atoms with van der Waals surface area (Å²) in [5.41, 5.74) is 0.292. The van der Waals surface area contributed by atoms with Crippen molar-refractivity contribution >= 4 is 0 Å². The fourth-order valence-corrected chi connectivity index (χ4v) is 2.69. The normalized spacial score (nSPS) is 31.4. The van der Waals surface area contributed by atoms with Crippen LogP contribution in [0.1, 0.15) is 47.5 Å². The first-order valence-electron chi connectivity index (χ1n) is 6.16. The van der Waals surface area contributed by atoms with Crippen LogP contribution >= 0.6 is 0 Å². The Morgan fingerprint density at radius 3 is 2.33 bits per heavy atom. The third kappa shape index (κ3) is 2.94. The van der Waals surface area contributed by atoms with Crippen LogP contribution < -0.4 is 5.32 Å². The highest BCUT2D eigenvalue weighted by atomic mass is 16.5. The Labute approximate surface area is 94.8 Å². The Balaban J connectivity index is 2.35. The van der Waals surface area contributed by atoms with Crippen molar-refractivity contribution in [3.05, 3.63) is 0 Å². The minimum Gasteiger partial charge on any atom is -0.381 e. The van der Waals surface area contributed by atoms with E-state index in [1.807, 2.05) is 7.11 Å². The molecular formula is C13H27NO. The predicted octanol–water partition coefficient (Wildman–Crippen LogP) is 2.82. The van der Waals surface area contributed by atoms with Crippen LogP contribution in [0.5, 0.6) is 0 Å². The molecule has 2 heteroatoms. The molecule has 0 aliphatic heterocycles. The summed E-state index contributed by atoms with van der Waals surface area (Å²) < 4.78 is 5.45. The zero-order valence-corrected chi connectivity index (χ0v) is 11.1. The fourth-order valence-electron chi connectivity index (χ4n) is 2.69. The minimum atomic E-state index is 0.292. The molecule has 90 valence electrons. The summed E-state index contributed by atoms with van der Waals surface area (Å²) >= 11 is 0. The molecule has 0 radical (unpaired) electrons. The zero-order chi connectivity index (χ0) is 11.6. The van der Waals surface area contributed by atoms with E-state index in [-0.39, 0.29) is 0 Å². The summed E-state index contributed by atoms with van der Waals surface area (Å²) in [6, 6.07) is 1.24. The molecule has 15 heavy (non-hydrogen) atoms. The van der Waals surface area contributed by atoms with Crippen molar-refractivity contribution in [2.24, 2.45) is 11.3 Å². The lowest BCUT2D eigenvalue weighted by Crippen LogP contribution is -2.62. The van der Waals surface area contributed by atoms with E-state index >= 15 is 0 Å². The molecule has 1 aliphatic rings. The van der Waals surface area contributed by atoms with Crippen molar-refractivity contribution in [2.75, 3.05) is 7.11 Å². The second kappa shape index (κ2) is 4.84. The summed E-state index contributed by atoms with van der Waals surface area (Å²) in [5, 5.41) is 3.72. The molecule has 1 rings (SSSR count). The molecule has 0 heterocycles. The van der Waals surface area contributed by atoms with E-state index in [1.54, 1.807) is 0 Å². The van der Waals surface area contributed by atoms with Gasteiger partial charge in [0.2, 0.25) is 0 Å². The van der Waals surface area contributed by atoms with Crippen molar-refractivity contribution < 1.29 is 4.74 Å². The number of ether oxygens (including phenoxy) is 1. The maximum atomic E-state index is 5.45. The second-order valence-corrected chi connectivity index (χ2v) is 6.03. The Morgan fingerprint density at radius 2 is 1.93 bits per heavy atom. The number of nitrogens with one attached hydrogen (secondary N) is 1. The maximum absolute atomic E-state index is 5.45. The molecule has 0 saturated heterocycles. The van der Waals surface area contributed by atoms with Crippen molar-refractivity contribution in [2.45, 2.75) is 65.6 Å². The lowest BCUT2D eigenvalue weighted by molar-refractivity contribution is -0.100. The van der Waals surface area contributed by atoms with Gasteiger partial charge in [-0.25, -0.2) is 0 Å². The molecule has 0 aromatic carbocycles.